The molecule has 0 unspecified atom stereocenters. The van der Waals surface area contributed by atoms with Gasteiger partial charge in [0.05, 0.1) is 6.20 Å². The topological polar surface area (TPSA) is 66.9 Å². The molecule has 2 aromatic rings. The van der Waals surface area contributed by atoms with Gasteiger partial charge in [-0.2, -0.15) is 5.10 Å². The first kappa shape index (κ1) is 20.9. The van der Waals surface area contributed by atoms with Crippen LogP contribution in [0.1, 0.15) is 58.3 Å². The predicted octanol–water partition coefficient (Wildman–Crippen LogP) is 4.81. The molecule has 0 saturated heterocycles. The van der Waals surface area contributed by atoms with Gasteiger partial charge in [0.2, 0.25) is 5.91 Å². The molecule has 1 heterocycles. The first-order chi connectivity index (χ1) is 13.3. The monoisotopic (exact) mass is 368 g/mol. The Morgan fingerprint density at radius 2 is 1.70 bits per heavy atom. The molecule has 5 nitrogen and oxygen atoms in total. The molecule has 0 saturated carbocycles. The van der Waals surface area contributed by atoms with E-state index in [9.17, 15) is 4.79 Å². The third-order valence-corrected chi connectivity index (χ3v) is 4.50. The Bertz CT molecular complexity index is 660. The quantitative estimate of drug-likeness (QED) is 0.498. The van der Waals surface area contributed by atoms with E-state index >= 15 is 0 Å². The smallest absolute Gasteiger partial charge is 0.219 e. The van der Waals surface area contributed by atoms with Gasteiger partial charge in [-0.15, -0.1) is 5.10 Å². The maximum atomic E-state index is 11.7. The van der Waals surface area contributed by atoms with Gasteiger partial charge < -0.3 is 10.6 Å². The van der Waals surface area contributed by atoms with E-state index in [1.54, 1.807) is 6.20 Å². The number of hydrogen-bond donors (Lipinski definition) is 2. The Morgan fingerprint density at radius 3 is 2.52 bits per heavy atom. The molecule has 0 aliphatic carbocycles. The van der Waals surface area contributed by atoms with Crippen LogP contribution in [-0.2, 0) is 4.79 Å². The van der Waals surface area contributed by atoms with Gasteiger partial charge in [0.1, 0.15) is 5.82 Å². The van der Waals surface area contributed by atoms with E-state index < -0.39 is 0 Å². The fourth-order valence-corrected chi connectivity index (χ4v) is 2.91. The third kappa shape index (κ3) is 8.67. The molecule has 27 heavy (non-hydrogen) atoms. The number of unbranched alkanes of at least 4 members (excludes halogenated alkanes) is 5. The van der Waals surface area contributed by atoms with Crippen LogP contribution in [0.15, 0.2) is 42.6 Å². The number of amides is 1. The Labute approximate surface area is 163 Å². The van der Waals surface area contributed by atoms with Gasteiger partial charge in [-0.1, -0.05) is 56.5 Å². The number of anilines is 1. The Hall–Kier alpha value is -2.43. The first-order valence-electron chi connectivity index (χ1n) is 10.2. The highest BCUT2D eigenvalue weighted by molar-refractivity contribution is 5.75. The van der Waals surface area contributed by atoms with Crippen molar-refractivity contribution in [3.05, 3.63) is 42.6 Å². The Morgan fingerprint density at radius 1 is 0.926 bits per heavy atom. The van der Waals surface area contributed by atoms with E-state index in [0.29, 0.717) is 6.42 Å². The zero-order valence-electron chi connectivity index (χ0n) is 16.4. The van der Waals surface area contributed by atoms with Crippen LogP contribution < -0.4 is 10.6 Å². The summed E-state index contributed by atoms with van der Waals surface area (Å²) in [6.45, 7) is 3.81. The SMILES string of the molecule is CCCCCCC(=O)NCCCCCNc1cc(-c2ccccc2)cnn1. The summed E-state index contributed by atoms with van der Waals surface area (Å²) in [5.74, 6) is 0.994. The number of hydrogen-bond acceptors (Lipinski definition) is 4. The van der Waals surface area contributed by atoms with E-state index in [-0.39, 0.29) is 5.91 Å². The lowest BCUT2D eigenvalue weighted by molar-refractivity contribution is -0.121. The summed E-state index contributed by atoms with van der Waals surface area (Å²) in [4.78, 5) is 11.7. The highest BCUT2D eigenvalue weighted by Crippen LogP contribution is 2.19. The van der Waals surface area contributed by atoms with Crippen LogP contribution in [0.25, 0.3) is 11.1 Å². The van der Waals surface area contributed by atoms with Gasteiger partial charge in [-0.3, -0.25) is 4.79 Å². The summed E-state index contributed by atoms with van der Waals surface area (Å²) < 4.78 is 0. The minimum absolute atomic E-state index is 0.192. The van der Waals surface area contributed by atoms with Crippen LogP contribution in [0.2, 0.25) is 0 Å². The summed E-state index contributed by atoms with van der Waals surface area (Å²) in [7, 11) is 0. The number of carbonyl (C=O) groups excluding carboxylic acids is 1. The highest BCUT2D eigenvalue weighted by atomic mass is 16.1. The van der Waals surface area contributed by atoms with Crippen molar-refractivity contribution < 1.29 is 4.79 Å². The largest absolute Gasteiger partial charge is 0.369 e. The number of nitrogens with one attached hydrogen (secondary N) is 2. The van der Waals surface area contributed by atoms with Crippen LogP contribution in [-0.4, -0.2) is 29.2 Å². The number of carbonyl (C=O) groups is 1. The van der Waals surface area contributed by atoms with E-state index in [2.05, 4.69) is 39.9 Å². The molecule has 2 rings (SSSR count). The Balaban J connectivity index is 1.55. The number of nitrogens with zero attached hydrogens (tertiary/aromatic N) is 2. The molecular formula is C22H32N4O. The van der Waals surface area contributed by atoms with Gasteiger partial charge in [-0.25, -0.2) is 0 Å². The normalized spacial score (nSPS) is 10.6. The summed E-state index contributed by atoms with van der Waals surface area (Å²) in [6, 6.07) is 12.2. The fraction of sp³-hybridized carbons (Fsp3) is 0.500. The molecule has 0 aliphatic rings. The summed E-state index contributed by atoms with van der Waals surface area (Å²) in [6.07, 6.45) is 10.2. The number of benzene rings is 1. The highest BCUT2D eigenvalue weighted by Gasteiger charge is 2.02. The van der Waals surface area contributed by atoms with Crippen LogP contribution >= 0.6 is 0 Å². The number of aromatic nitrogens is 2. The minimum atomic E-state index is 0.192. The van der Waals surface area contributed by atoms with Gasteiger partial charge in [0, 0.05) is 25.1 Å². The average Bonchev–Trinajstić information content (AvgIpc) is 2.71. The zero-order valence-corrected chi connectivity index (χ0v) is 16.4. The molecule has 5 heteroatoms. The predicted molar refractivity (Wildman–Crippen MR) is 112 cm³/mol. The molecule has 0 aliphatic heterocycles. The summed E-state index contributed by atoms with van der Waals surface area (Å²) in [5, 5.41) is 14.6. The molecule has 0 fully saturated rings. The molecule has 1 amide bonds. The molecule has 0 radical (unpaired) electrons. The standard InChI is InChI=1S/C22H32N4O/c1-2-3-4-9-14-22(27)24-16-11-6-10-15-23-21-17-20(18-25-26-21)19-12-7-5-8-13-19/h5,7-8,12-13,17-18H,2-4,6,9-11,14-16H2,1H3,(H,23,26)(H,24,27). The van der Waals surface area contributed by atoms with Crippen molar-refractivity contribution in [2.45, 2.75) is 58.3 Å². The van der Waals surface area contributed by atoms with Crippen molar-refractivity contribution in [3.63, 3.8) is 0 Å². The van der Waals surface area contributed by atoms with E-state index in [1.807, 2.05) is 24.3 Å². The van der Waals surface area contributed by atoms with Crippen molar-refractivity contribution in [1.29, 1.82) is 0 Å². The van der Waals surface area contributed by atoms with Crippen LogP contribution in [0, 0.1) is 0 Å². The Kier molecular flexibility index (Phi) is 9.93. The second-order valence-electron chi connectivity index (χ2n) is 6.84. The van der Waals surface area contributed by atoms with Crippen molar-refractivity contribution in [2.24, 2.45) is 0 Å². The second-order valence-corrected chi connectivity index (χ2v) is 6.84. The fourth-order valence-electron chi connectivity index (χ4n) is 2.91. The molecule has 0 atom stereocenters. The second kappa shape index (κ2) is 12.8. The molecule has 1 aromatic carbocycles. The third-order valence-electron chi connectivity index (χ3n) is 4.50. The maximum absolute atomic E-state index is 11.7. The molecule has 146 valence electrons. The average molecular weight is 369 g/mol. The van der Waals surface area contributed by atoms with Gasteiger partial charge in [0.15, 0.2) is 0 Å². The molecule has 1 aromatic heterocycles. The van der Waals surface area contributed by atoms with Gasteiger partial charge in [0.25, 0.3) is 0 Å². The maximum Gasteiger partial charge on any atom is 0.219 e. The van der Waals surface area contributed by atoms with Crippen molar-refractivity contribution >= 4 is 11.7 Å². The van der Waals surface area contributed by atoms with Gasteiger partial charge >= 0.3 is 0 Å². The van der Waals surface area contributed by atoms with Crippen molar-refractivity contribution in [2.75, 3.05) is 18.4 Å². The van der Waals surface area contributed by atoms with E-state index in [1.165, 1.54) is 12.8 Å². The lowest BCUT2D eigenvalue weighted by atomic mass is 10.1. The lowest BCUT2D eigenvalue weighted by Crippen LogP contribution is -2.24. The summed E-state index contributed by atoms with van der Waals surface area (Å²) in [5.41, 5.74) is 2.20. The number of rotatable bonds is 13. The summed E-state index contributed by atoms with van der Waals surface area (Å²) >= 11 is 0. The molecule has 0 spiro atoms. The van der Waals surface area contributed by atoms with Crippen LogP contribution in [0.5, 0.6) is 0 Å². The van der Waals surface area contributed by atoms with Crippen molar-refractivity contribution in [3.8, 4) is 11.1 Å². The van der Waals surface area contributed by atoms with Crippen molar-refractivity contribution in [1.82, 2.24) is 15.5 Å². The molecule has 2 N–H and O–H groups in total. The lowest BCUT2D eigenvalue weighted by Gasteiger charge is -2.08. The zero-order chi connectivity index (χ0) is 19.2. The van der Waals surface area contributed by atoms with E-state index in [4.69, 9.17) is 0 Å². The minimum Gasteiger partial charge on any atom is -0.369 e. The molecule has 0 bridgehead atoms. The van der Waals surface area contributed by atoms with Crippen LogP contribution in [0.3, 0.4) is 0 Å². The first-order valence-corrected chi connectivity index (χ1v) is 10.2. The molecular weight excluding hydrogens is 336 g/mol. The van der Waals surface area contributed by atoms with Crippen LogP contribution in [0.4, 0.5) is 5.82 Å². The van der Waals surface area contributed by atoms with Gasteiger partial charge in [-0.05, 0) is 37.3 Å². The van der Waals surface area contributed by atoms with E-state index in [0.717, 1.165) is 62.1 Å².